The van der Waals surface area contributed by atoms with Crippen molar-refractivity contribution >= 4 is 18.0 Å². The van der Waals surface area contributed by atoms with Crippen LogP contribution in [0.5, 0.6) is 0 Å². The average molecular weight is 269 g/mol. The van der Waals surface area contributed by atoms with Gasteiger partial charge in [0.15, 0.2) is 5.78 Å². The molecule has 1 aliphatic carbocycles. The smallest absolute Gasteiger partial charge is 0.316 e. The van der Waals surface area contributed by atoms with Gasteiger partial charge in [0, 0.05) is 6.42 Å². The Hall–Kier alpha value is -1.85. The highest BCUT2D eigenvalue weighted by molar-refractivity contribution is 6.15. The molecule has 0 saturated heterocycles. The lowest BCUT2D eigenvalue weighted by atomic mass is 9.68. The van der Waals surface area contributed by atoms with Crippen molar-refractivity contribution in [1.29, 1.82) is 0 Å². The van der Waals surface area contributed by atoms with Crippen molar-refractivity contribution in [3.63, 3.8) is 0 Å². The van der Waals surface area contributed by atoms with Gasteiger partial charge >= 0.3 is 5.97 Å². The number of allylic oxidation sites excluding steroid dienone is 1. The second kappa shape index (κ2) is 5.86. The molecule has 106 valence electrons. The van der Waals surface area contributed by atoms with E-state index >= 15 is 0 Å². The number of nitrogens with zero attached hydrogens (tertiary/aromatic N) is 1. The van der Waals surface area contributed by atoms with E-state index in [1.807, 2.05) is 0 Å². The molecule has 0 amide bonds. The average Bonchev–Trinajstić information content (AvgIpc) is 2.31. The van der Waals surface area contributed by atoms with E-state index in [1.54, 1.807) is 20.8 Å². The van der Waals surface area contributed by atoms with Crippen LogP contribution in [-0.4, -0.2) is 36.8 Å². The van der Waals surface area contributed by atoms with Crippen LogP contribution in [0.3, 0.4) is 0 Å². The van der Waals surface area contributed by atoms with Gasteiger partial charge in [-0.3, -0.25) is 9.59 Å². The third-order valence-corrected chi connectivity index (χ3v) is 3.07. The van der Waals surface area contributed by atoms with Gasteiger partial charge in [-0.2, -0.15) is 0 Å². The summed E-state index contributed by atoms with van der Waals surface area (Å²) in [7, 11) is 1.25. The molecule has 0 bridgehead atoms. The standard InChI is InChI=1S/C13H19NO5/c1-5-19-14-7-8-9(15)6-13(2,3)10(11(8)16)12(17)18-4/h7,10,16H,5-6H2,1-4H3/t10-/m0/s1. The Morgan fingerprint density at radius 2 is 2.21 bits per heavy atom. The summed E-state index contributed by atoms with van der Waals surface area (Å²) in [6.07, 6.45) is 1.27. The monoisotopic (exact) mass is 269 g/mol. The molecule has 0 saturated carbocycles. The number of carbonyl (C=O) groups is 2. The van der Waals surface area contributed by atoms with Crippen molar-refractivity contribution < 1.29 is 24.3 Å². The molecule has 1 atom stereocenters. The van der Waals surface area contributed by atoms with Crippen LogP contribution in [0.1, 0.15) is 27.2 Å². The van der Waals surface area contributed by atoms with Crippen LogP contribution < -0.4 is 0 Å². The van der Waals surface area contributed by atoms with Gasteiger partial charge in [0.05, 0.1) is 18.9 Å². The molecular formula is C13H19NO5. The number of aliphatic hydroxyl groups is 1. The largest absolute Gasteiger partial charge is 0.511 e. The molecule has 0 heterocycles. The molecule has 0 aromatic rings. The maximum Gasteiger partial charge on any atom is 0.316 e. The van der Waals surface area contributed by atoms with Gasteiger partial charge in [0.25, 0.3) is 0 Å². The molecule has 0 fully saturated rings. The second-order valence-electron chi connectivity index (χ2n) is 5.00. The number of ketones is 1. The first-order chi connectivity index (χ1) is 8.85. The van der Waals surface area contributed by atoms with Crippen LogP contribution in [0.4, 0.5) is 0 Å². The minimum atomic E-state index is -0.877. The van der Waals surface area contributed by atoms with Gasteiger partial charge < -0.3 is 14.7 Å². The molecule has 0 aromatic carbocycles. The first kappa shape index (κ1) is 15.2. The summed E-state index contributed by atoms with van der Waals surface area (Å²) in [6, 6.07) is 0. The highest BCUT2D eigenvalue weighted by atomic mass is 16.6. The molecule has 1 aliphatic rings. The Balaban J connectivity index is 3.19. The number of oxime groups is 1. The molecule has 1 N–H and O–H groups in total. The maximum absolute atomic E-state index is 12.0. The Kier molecular flexibility index (Phi) is 4.69. The van der Waals surface area contributed by atoms with Crippen LogP contribution in [0.15, 0.2) is 16.5 Å². The predicted octanol–water partition coefficient (Wildman–Crippen LogP) is 1.61. The number of methoxy groups -OCH3 is 1. The summed E-state index contributed by atoms with van der Waals surface area (Å²) in [6.45, 7) is 5.57. The molecule has 1 rings (SSSR count). The molecule has 6 nitrogen and oxygen atoms in total. The molecule has 0 spiro atoms. The van der Waals surface area contributed by atoms with Gasteiger partial charge in [-0.25, -0.2) is 0 Å². The van der Waals surface area contributed by atoms with E-state index in [0.717, 1.165) is 6.21 Å². The first-order valence-electron chi connectivity index (χ1n) is 6.04. The van der Waals surface area contributed by atoms with Crippen LogP contribution in [0, 0.1) is 11.3 Å². The van der Waals surface area contributed by atoms with E-state index in [1.165, 1.54) is 7.11 Å². The third-order valence-electron chi connectivity index (χ3n) is 3.07. The van der Waals surface area contributed by atoms with Crippen molar-refractivity contribution in [2.24, 2.45) is 16.5 Å². The van der Waals surface area contributed by atoms with E-state index in [9.17, 15) is 14.7 Å². The van der Waals surface area contributed by atoms with Gasteiger partial charge in [-0.1, -0.05) is 19.0 Å². The van der Waals surface area contributed by atoms with E-state index in [4.69, 9.17) is 4.84 Å². The summed E-state index contributed by atoms with van der Waals surface area (Å²) in [4.78, 5) is 28.5. The molecule has 19 heavy (non-hydrogen) atoms. The zero-order chi connectivity index (χ0) is 14.6. The van der Waals surface area contributed by atoms with Crippen molar-refractivity contribution in [2.45, 2.75) is 27.2 Å². The Labute approximate surface area is 112 Å². The Bertz CT molecular complexity index is 436. The normalized spacial score (nSPS) is 22.7. The lowest BCUT2D eigenvalue weighted by Crippen LogP contribution is -2.40. The number of carbonyl (C=O) groups excluding carboxylic acids is 2. The topological polar surface area (TPSA) is 85.2 Å². The second-order valence-corrected chi connectivity index (χ2v) is 5.00. The molecule has 0 radical (unpaired) electrons. The van der Waals surface area contributed by atoms with Crippen molar-refractivity contribution in [3.8, 4) is 0 Å². The molecule has 0 aromatic heterocycles. The zero-order valence-corrected chi connectivity index (χ0v) is 11.6. The summed E-state index contributed by atoms with van der Waals surface area (Å²) >= 11 is 0. The van der Waals surface area contributed by atoms with Gasteiger partial charge in [-0.05, 0) is 12.3 Å². The fraction of sp³-hybridized carbons (Fsp3) is 0.615. The van der Waals surface area contributed by atoms with Gasteiger partial charge in [-0.15, -0.1) is 0 Å². The quantitative estimate of drug-likeness (QED) is 0.476. The molecular weight excluding hydrogens is 250 g/mol. The SMILES string of the molecule is CCON=CC1=C(O)[C@@H](C(=O)OC)C(C)(C)CC1=O. The number of ether oxygens (including phenoxy) is 1. The van der Waals surface area contributed by atoms with E-state index in [2.05, 4.69) is 9.89 Å². The first-order valence-corrected chi connectivity index (χ1v) is 6.04. The summed E-state index contributed by atoms with van der Waals surface area (Å²) in [5.41, 5.74) is -0.694. The molecule has 0 unspecified atom stereocenters. The van der Waals surface area contributed by atoms with Crippen LogP contribution in [0.2, 0.25) is 0 Å². The van der Waals surface area contributed by atoms with Gasteiger partial charge in [0.1, 0.15) is 18.3 Å². The maximum atomic E-state index is 12.0. The number of hydrogen-bond acceptors (Lipinski definition) is 6. The number of rotatable bonds is 4. The van der Waals surface area contributed by atoms with E-state index in [0.29, 0.717) is 6.61 Å². The van der Waals surface area contributed by atoms with Crippen molar-refractivity contribution in [2.75, 3.05) is 13.7 Å². The highest BCUT2D eigenvalue weighted by Crippen LogP contribution is 2.41. The summed E-state index contributed by atoms with van der Waals surface area (Å²) < 4.78 is 4.68. The minimum absolute atomic E-state index is 0.00294. The lowest BCUT2D eigenvalue weighted by molar-refractivity contribution is -0.150. The number of Topliss-reactive ketones (excluding diaryl/α,β-unsaturated/α-hetero) is 1. The van der Waals surface area contributed by atoms with E-state index < -0.39 is 17.3 Å². The number of esters is 1. The van der Waals surface area contributed by atoms with Crippen molar-refractivity contribution in [3.05, 3.63) is 11.3 Å². The highest BCUT2D eigenvalue weighted by Gasteiger charge is 2.46. The third kappa shape index (κ3) is 3.13. The summed E-state index contributed by atoms with van der Waals surface area (Å²) in [5, 5.41) is 13.7. The van der Waals surface area contributed by atoms with Crippen LogP contribution in [-0.2, 0) is 19.2 Å². The number of hydrogen-bond donors (Lipinski definition) is 1. The number of aliphatic hydroxyl groups excluding tert-OH is 1. The lowest BCUT2D eigenvalue weighted by Gasteiger charge is -2.35. The minimum Gasteiger partial charge on any atom is -0.511 e. The fourth-order valence-electron chi connectivity index (χ4n) is 2.13. The molecule has 6 heteroatoms. The van der Waals surface area contributed by atoms with Crippen molar-refractivity contribution in [1.82, 2.24) is 0 Å². The predicted molar refractivity (Wildman–Crippen MR) is 68.7 cm³/mol. The Morgan fingerprint density at radius 1 is 1.58 bits per heavy atom. The van der Waals surface area contributed by atoms with Gasteiger partial charge in [0.2, 0.25) is 0 Å². The molecule has 0 aliphatic heterocycles. The zero-order valence-electron chi connectivity index (χ0n) is 11.6. The summed E-state index contributed by atoms with van der Waals surface area (Å²) in [5.74, 6) is -2.03. The van der Waals surface area contributed by atoms with E-state index in [-0.39, 0.29) is 23.5 Å². The fourth-order valence-corrected chi connectivity index (χ4v) is 2.13. The van der Waals surface area contributed by atoms with Crippen LogP contribution in [0.25, 0.3) is 0 Å². The Morgan fingerprint density at radius 3 is 2.74 bits per heavy atom. The van der Waals surface area contributed by atoms with Crippen LogP contribution >= 0.6 is 0 Å².